The molecule has 0 spiro atoms. The molecule has 0 radical (unpaired) electrons. The third-order valence-electron chi connectivity index (χ3n) is 6.77. The van der Waals surface area contributed by atoms with E-state index < -0.39 is 0 Å². The van der Waals surface area contributed by atoms with Gasteiger partial charge in [0.2, 0.25) is 5.95 Å². The second kappa shape index (κ2) is 8.51. The molecule has 0 N–H and O–H groups in total. The van der Waals surface area contributed by atoms with Crippen LogP contribution in [0.3, 0.4) is 0 Å². The van der Waals surface area contributed by atoms with E-state index in [0.29, 0.717) is 38.5 Å². The molecule has 3 aliphatic heterocycles. The Morgan fingerprint density at radius 1 is 0.848 bits per heavy atom. The lowest BCUT2D eigenvalue weighted by Gasteiger charge is -2.36. The van der Waals surface area contributed by atoms with Crippen molar-refractivity contribution >= 4 is 17.7 Å². The summed E-state index contributed by atoms with van der Waals surface area (Å²) in [6.45, 7) is 5.78. The van der Waals surface area contributed by atoms with Gasteiger partial charge in [-0.15, -0.1) is 0 Å². The highest BCUT2D eigenvalue weighted by Crippen LogP contribution is 2.32. The first-order chi connectivity index (χ1) is 16.3. The number of anilines is 2. The van der Waals surface area contributed by atoms with Crippen LogP contribution >= 0.6 is 0 Å². The van der Waals surface area contributed by atoms with Crippen molar-refractivity contribution in [2.75, 3.05) is 49.2 Å². The van der Waals surface area contributed by atoms with Crippen molar-refractivity contribution in [1.29, 1.82) is 0 Å². The Balaban J connectivity index is 1.34. The molecule has 1 fully saturated rings. The molecule has 3 aromatic rings. The Bertz CT molecular complexity index is 1160. The number of aromatic nitrogens is 2. The van der Waals surface area contributed by atoms with Crippen LogP contribution in [-0.2, 0) is 30.7 Å². The van der Waals surface area contributed by atoms with Gasteiger partial charge in [0.05, 0.1) is 31.7 Å². The quantitative estimate of drug-likeness (QED) is 0.614. The third kappa shape index (κ3) is 3.84. The SMILES string of the molecule is O=C(c1ccco1)N1CCc2nc(N3CCc4ccccc4C3)nc(N3CCOCC3)c2C1. The number of carbonyl (C=O) groups is 1. The van der Waals surface area contributed by atoms with Gasteiger partial charge in [0.25, 0.3) is 5.91 Å². The number of hydrogen-bond acceptors (Lipinski definition) is 7. The first kappa shape index (κ1) is 20.2. The summed E-state index contributed by atoms with van der Waals surface area (Å²) in [5, 5.41) is 0. The van der Waals surface area contributed by atoms with Gasteiger partial charge in [0.15, 0.2) is 5.76 Å². The zero-order valence-corrected chi connectivity index (χ0v) is 18.6. The van der Waals surface area contributed by atoms with E-state index in [2.05, 4.69) is 34.1 Å². The highest BCUT2D eigenvalue weighted by atomic mass is 16.5. The summed E-state index contributed by atoms with van der Waals surface area (Å²) in [5.41, 5.74) is 4.84. The molecule has 33 heavy (non-hydrogen) atoms. The number of benzene rings is 1. The summed E-state index contributed by atoms with van der Waals surface area (Å²) in [4.78, 5) is 29.5. The average molecular weight is 446 g/mol. The van der Waals surface area contributed by atoms with Gasteiger partial charge in [-0.3, -0.25) is 4.79 Å². The van der Waals surface area contributed by atoms with E-state index in [0.717, 1.165) is 55.6 Å². The van der Waals surface area contributed by atoms with E-state index in [1.165, 1.54) is 17.4 Å². The largest absolute Gasteiger partial charge is 0.459 e. The van der Waals surface area contributed by atoms with Gasteiger partial charge in [0, 0.05) is 44.7 Å². The zero-order valence-electron chi connectivity index (χ0n) is 18.6. The van der Waals surface area contributed by atoms with Gasteiger partial charge in [-0.05, 0) is 29.7 Å². The predicted molar refractivity (Wildman–Crippen MR) is 123 cm³/mol. The minimum atomic E-state index is -0.0877. The van der Waals surface area contributed by atoms with Crippen LogP contribution in [0, 0.1) is 0 Å². The molecule has 1 amide bonds. The maximum atomic E-state index is 12.9. The third-order valence-corrected chi connectivity index (χ3v) is 6.77. The fraction of sp³-hybridized carbons (Fsp3) is 0.400. The van der Waals surface area contributed by atoms with E-state index in [4.69, 9.17) is 19.1 Å². The van der Waals surface area contributed by atoms with Gasteiger partial charge in [-0.2, -0.15) is 4.98 Å². The molecule has 1 saturated heterocycles. The van der Waals surface area contributed by atoms with Crippen molar-refractivity contribution in [3.8, 4) is 0 Å². The van der Waals surface area contributed by atoms with Crippen molar-refractivity contribution in [3.63, 3.8) is 0 Å². The zero-order chi connectivity index (χ0) is 22.2. The lowest BCUT2D eigenvalue weighted by molar-refractivity contribution is 0.0700. The minimum absolute atomic E-state index is 0.0877. The fourth-order valence-electron chi connectivity index (χ4n) is 4.96. The molecule has 1 aromatic carbocycles. The Hall–Kier alpha value is -3.39. The molecule has 8 nitrogen and oxygen atoms in total. The summed E-state index contributed by atoms with van der Waals surface area (Å²) in [6.07, 6.45) is 3.24. The Labute approximate surface area is 192 Å². The van der Waals surface area contributed by atoms with Crippen LogP contribution in [-0.4, -0.2) is 60.2 Å². The normalized spacial score (nSPS) is 18.1. The molecule has 3 aliphatic rings. The molecular weight excluding hydrogens is 418 g/mol. The number of ether oxygens (including phenoxy) is 1. The summed E-state index contributed by atoms with van der Waals surface area (Å²) < 4.78 is 10.9. The molecule has 0 aliphatic carbocycles. The molecule has 2 aromatic heterocycles. The van der Waals surface area contributed by atoms with Gasteiger partial charge in [-0.25, -0.2) is 4.98 Å². The van der Waals surface area contributed by atoms with E-state index in [1.54, 1.807) is 12.1 Å². The molecule has 8 heteroatoms. The minimum Gasteiger partial charge on any atom is -0.459 e. The number of rotatable bonds is 3. The number of morpholine rings is 1. The van der Waals surface area contributed by atoms with E-state index in [-0.39, 0.29) is 5.91 Å². The fourth-order valence-corrected chi connectivity index (χ4v) is 4.96. The second-order valence-electron chi connectivity index (χ2n) is 8.77. The number of hydrogen-bond donors (Lipinski definition) is 0. The second-order valence-corrected chi connectivity index (χ2v) is 8.77. The van der Waals surface area contributed by atoms with Crippen LogP contribution in [0.1, 0.15) is 32.9 Å². The maximum absolute atomic E-state index is 12.9. The van der Waals surface area contributed by atoms with Crippen molar-refractivity contribution in [2.24, 2.45) is 0 Å². The van der Waals surface area contributed by atoms with Crippen molar-refractivity contribution in [3.05, 3.63) is 70.8 Å². The number of furan rings is 1. The Morgan fingerprint density at radius 2 is 1.70 bits per heavy atom. The molecule has 0 atom stereocenters. The van der Waals surface area contributed by atoms with E-state index in [1.807, 2.05) is 4.90 Å². The number of nitrogens with zero attached hydrogens (tertiary/aromatic N) is 5. The smallest absolute Gasteiger partial charge is 0.289 e. The van der Waals surface area contributed by atoms with Crippen LogP contribution in [0.25, 0.3) is 0 Å². The summed E-state index contributed by atoms with van der Waals surface area (Å²) >= 11 is 0. The van der Waals surface area contributed by atoms with Crippen molar-refractivity contribution in [1.82, 2.24) is 14.9 Å². The molecule has 5 heterocycles. The lowest BCUT2D eigenvalue weighted by Crippen LogP contribution is -2.42. The first-order valence-corrected chi connectivity index (χ1v) is 11.6. The van der Waals surface area contributed by atoms with Gasteiger partial charge in [0.1, 0.15) is 5.82 Å². The molecule has 0 bridgehead atoms. The summed E-state index contributed by atoms with van der Waals surface area (Å²) in [6, 6.07) is 12.1. The Morgan fingerprint density at radius 3 is 2.52 bits per heavy atom. The van der Waals surface area contributed by atoms with Gasteiger partial charge in [-0.1, -0.05) is 24.3 Å². The summed E-state index contributed by atoms with van der Waals surface area (Å²) in [7, 11) is 0. The Kier molecular flexibility index (Phi) is 5.22. The molecule has 0 unspecified atom stereocenters. The van der Waals surface area contributed by atoms with E-state index >= 15 is 0 Å². The van der Waals surface area contributed by atoms with Crippen LogP contribution in [0.5, 0.6) is 0 Å². The van der Waals surface area contributed by atoms with Crippen LogP contribution < -0.4 is 9.80 Å². The molecule has 170 valence electrons. The number of amides is 1. The summed E-state index contributed by atoms with van der Waals surface area (Å²) in [5.74, 6) is 2.01. The maximum Gasteiger partial charge on any atom is 0.289 e. The van der Waals surface area contributed by atoms with Crippen LogP contribution in [0.4, 0.5) is 11.8 Å². The number of carbonyl (C=O) groups excluding carboxylic acids is 1. The lowest BCUT2D eigenvalue weighted by atomic mass is 10.00. The standard InChI is InChI=1S/C25H27N5O3/c31-24(22-6-3-13-33-22)29-10-8-21-20(17-29)23(28-11-14-32-15-12-28)27-25(26-21)30-9-7-18-4-1-2-5-19(18)16-30/h1-6,13H,7-12,14-17H2. The predicted octanol–water partition coefficient (Wildman–Crippen LogP) is 2.67. The van der Waals surface area contributed by atoms with Gasteiger partial charge < -0.3 is 23.9 Å². The number of fused-ring (bicyclic) bond motifs is 2. The van der Waals surface area contributed by atoms with Crippen LogP contribution in [0.2, 0.25) is 0 Å². The monoisotopic (exact) mass is 445 g/mol. The topological polar surface area (TPSA) is 74.9 Å². The highest BCUT2D eigenvalue weighted by molar-refractivity contribution is 5.91. The van der Waals surface area contributed by atoms with Gasteiger partial charge >= 0.3 is 0 Å². The molecule has 6 rings (SSSR count). The molecule has 0 saturated carbocycles. The van der Waals surface area contributed by atoms with Crippen molar-refractivity contribution in [2.45, 2.75) is 25.9 Å². The highest BCUT2D eigenvalue weighted by Gasteiger charge is 2.31. The first-order valence-electron chi connectivity index (χ1n) is 11.6. The van der Waals surface area contributed by atoms with Crippen LogP contribution in [0.15, 0.2) is 47.1 Å². The van der Waals surface area contributed by atoms with E-state index in [9.17, 15) is 4.79 Å². The molecular formula is C25H27N5O3. The average Bonchev–Trinajstić information content (AvgIpc) is 3.43. The van der Waals surface area contributed by atoms with Crippen molar-refractivity contribution < 1.29 is 13.9 Å².